The van der Waals surface area contributed by atoms with Gasteiger partial charge in [-0.2, -0.15) is 0 Å². The second-order valence-electron chi connectivity index (χ2n) is 5.16. The van der Waals surface area contributed by atoms with Crippen molar-refractivity contribution in [3.8, 4) is 0 Å². The number of rotatable bonds is 5. The Bertz CT molecular complexity index is 144. The second kappa shape index (κ2) is 5.43. The zero-order valence-corrected chi connectivity index (χ0v) is 9.93. The molecule has 13 heavy (non-hydrogen) atoms. The predicted octanol–water partition coefficient (Wildman–Crippen LogP) is 3.18. The van der Waals surface area contributed by atoms with Gasteiger partial charge in [0.2, 0.25) is 0 Å². The molecular weight excluding hydrogens is 158 g/mol. The Morgan fingerprint density at radius 3 is 2.23 bits per heavy atom. The molecule has 0 aliphatic carbocycles. The van der Waals surface area contributed by atoms with Crippen LogP contribution in [0.25, 0.3) is 0 Å². The maximum Gasteiger partial charge on any atom is 0.00413 e. The fourth-order valence-electron chi connectivity index (χ4n) is 1.64. The van der Waals surface area contributed by atoms with Crippen molar-refractivity contribution in [3.63, 3.8) is 0 Å². The molecule has 1 unspecified atom stereocenters. The molecule has 1 heteroatoms. The van der Waals surface area contributed by atoms with E-state index in [1.165, 1.54) is 6.42 Å². The van der Waals surface area contributed by atoms with E-state index in [0.29, 0.717) is 11.3 Å². The highest BCUT2D eigenvalue weighted by Crippen LogP contribution is 2.15. The zero-order valence-electron chi connectivity index (χ0n) is 9.93. The lowest BCUT2D eigenvalue weighted by Crippen LogP contribution is -2.32. The van der Waals surface area contributed by atoms with Gasteiger partial charge in [-0.05, 0) is 24.8 Å². The maximum absolute atomic E-state index is 3.85. The van der Waals surface area contributed by atoms with E-state index in [1.807, 2.05) is 0 Å². The van der Waals surface area contributed by atoms with Gasteiger partial charge in [-0.25, -0.2) is 0 Å². The third kappa shape index (κ3) is 6.83. The average Bonchev–Trinajstić information content (AvgIpc) is 1.96. The molecule has 0 bridgehead atoms. The van der Waals surface area contributed by atoms with Gasteiger partial charge in [-0.1, -0.05) is 33.8 Å². The molecule has 0 aromatic heterocycles. The highest BCUT2D eigenvalue weighted by atomic mass is 15.1. The molecule has 0 heterocycles. The van der Waals surface area contributed by atoms with Crippen molar-refractivity contribution in [3.05, 3.63) is 12.7 Å². The van der Waals surface area contributed by atoms with Gasteiger partial charge in [-0.15, -0.1) is 6.58 Å². The van der Waals surface area contributed by atoms with Gasteiger partial charge >= 0.3 is 0 Å². The smallest absolute Gasteiger partial charge is 0.00413 e. The Hall–Kier alpha value is -0.300. The van der Waals surface area contributed by atoms with Gasteiger partial charge in [0, 0.05) is 13.1 Å². The molecule has 0 aliphatic heterocycles. The molecule has 0 aliphatic rings. The van der Waals surface area contributed by atoms with Crippen molar-refractivity contribution >= 4 is 0 Å². The molecule has 0 radical (unpaired) electrons. The highest BCUT2D eigenvalue weighted by molar-refractivity contribution is 4.80. The van der Waals surface area contributed by atoms with E-state index in [4.69, 9.17) is 0 Å². The lowest BCUT2D eigenvalue weighted by molar-refractivity contribution is 0.209. The number of hydrogen-bond donors (Lipinski definition) is 0. The minimum absolute atomic E-state index is 0.397. The van der Waals surface area contributed by atoms with Gasteiger partial charge in [0.15, 0.2) is 0 Å². The van der Waals surface area contributed by atoms with Crippen LogP contribution in [0.1, 0.15) is 34.1 Å². The molecular formula is C12H25N. The Labute approximate surface area is 83.8 Å². The Morgan fingerprint density at radius 1 is 1.38 bits per heavy atom. The summed E-state index contributed by atoms with van der Waals surface area (Å²) in [7, 11) is 2.19. The number of nitrogens with zero attached hydrogens (tertiary/aromatic N) is 1. The molecule has 0 saturated heterocycles. The summed E-state index contributed by atoms with van der Waals surface area (Å²) in [4.78, 5) is 2.40. The molecule has 78 valence electrons. The van der Waals surface area contributed by atoms with E-state index in [0.717, 1.165) is 13.1 Å². The van der Waals surface area contributed by atoms with Crippen LogP contribution in [0.5, 0.6) is 0 Å². The standard InChI is InChI=1S/C12H25N/c1-7-11(8-2)9-13(6)10-12(3,4)5/h7,11H,1,8-10H2,2-6H3. The molecule has 0 spiro atoms. The van der Waals surface area contributed by atoms with Gasteiger partial charge in [0.25, 0.3) is 0 Å². The van der Waals surface area contributed by atoms with Crippen molar-refractivity contribution in [2.24, 2.45) is 11.3 Å². The summed E-state index contributed by atoms with van der Waals surface area (Å²) >= 11 is 0. The van der Waals surface area contributed by atoms with E-state index in [-0.39, 0.29) is 0 Å². The topological polar surface area (TPSA) is 3.24 Å². The van der Waals surface area contributed by atoms with Crippen LogP contribution < -0.4 is 0 Å². The fourth-order valence-corrected chi connectivity index (χ4v) is 1.64. The predicted molar refractivity (Wildman–Crippen MR) is 60.9 cm³/mol. The molecule has 0 fully saturated rings. The van der Waals surface area contributed by atoms with E-state index in [2.05, 4.69) is 52.3 Å². The van der Waals surface area contributed by atoms with E-state index >= 15 is 0 Å². The largest absolute Gasteiger partial charge is 0.305 e. The molecule has 1 nitrogen and oxygen atoms in total. The lowest BCUT2D eigenvalue weighted by atomic mass is 9.95. The second-order valence-corrected chi connectivity index (χ2v) is 5.16. The zero-order chi connectivity index (χ0) is 10.5. The fraction of sp³-hybridized carbons (Fsp3) is 0.833. The number of hydrogen-bond acceptors (Lipinski definition) is 1. The summed E-state index contributed by atoms with van der Waals surface area (Å²) in [6.45, 7) is 15.2. The SMILES string of the molecule is C=CC(CC)CN(C)CC(C)(C)C. The first-order valence-corrected chi connectivity index (χ1v) is 5.20. The molecule has 0 aromatic rings. The van der Waals surface area contributed by atoms with Gasteiger partial charge in [0.05, 0.1) is 0 Å². The summed E-state index contributed by atoms with van der Waals surface area (Å²) in [6.07, 6.45) is 3.26. The summed E-state index contributed by atoms with van der Waals surface area (Å²) in [5.74, 6) is 0.646. The van der Waals surface area contributed by atoms with Gasteiger partial charge < -0.3 is 4.90 Å². The molecule has 0 amide bonds. The molecule has 0 rings (SSSR count). The van der Waals surface area contributed by atoms with Crippen LogP contribution in [0.3, 0.4) is 0 Å². The van der Waals surface area contributed by atoms with E-state index in [9.17, 15) is 0 Å². The van der Waals surface area contributed by atoms with Crippen LogP contribution in [0.15, 0.2) is 12.7 Å². The Balaban J connectivity index is 3.85. The maximum atomic E-state index is 3.85. The Morgan fingerprint density at radius 2 is 1.92 bits per heavy atom. The van der Waals surface area contributed by atoms with Crippen molar-refractivity contribution in [2.45, 2.75) is 34.1 Å². The summed E-state index contributed by atoms with van der Waals surface area (Å²) in [5.41, 5.74) is 0.397. The first kappa shape index (κ1) is 12.7. The minimum atomic E-state index is 0.397. The summed E-state index contributed by atoms with van der Waals surface area (Å²) in [5, 5.41) is 0. The van der Waals surface area contributed by atoms with Crippen LogP contribution in [-0.4, -0.2) is 25.0 Å². The Kier molecular flexibility index (Phi) is 5.31. The quantitative estimate of drug-likeness (QED) is 0.592. The monoisotopic (exact) mass is 183 g/mol. The van der Waals surface area contributed by atoms with Crippen LogP contribution in [-0.2, 0) is 0 Å². The minimum Gasteiger partial charge on any atom is -0.305 e. The van der Waals surface area contributed by atoms with Crippen molar-refractivity contribution in [1.29, 1.82) is 0 Å². The summed E-state index contributed by atoms with van der Waals surface area (Å²) < 4.78 is 0. The van der Waals surface area contributed by atoms with Crippen LogP contribution in [0.2, 0.25) is 0 Å². The van der Waals surface area contributed by atoms with E-state index in [1.54, 1.807) is 0 Å². The van der Waals surface area contributed by atoms with Crippen LogP contribution in [0.4, 0.5) is 0 Å². The first-order valence-electron chi connectivity index (χ1n) is 5.20. The average molecular weight is 183 g/mol. The normalized spacial score (nSPS) is 14.6. The molecule has 1 atom stereocenters. The first-order chi connectivity index (χ1) is 5.89. The molecule has 0 aromatic carbocycles. The van der Waals surface area contributed by atoms with Gasteiger partial charge in [0.1, 0.15) is 0 Å². The third-order valence-corrected chi connectivity index (χ3v) is 2.15. The molecule has 0 N–H and O–H groups in total. The van der Waals surface area contributed by atoms with Crippen LogP contribution in [0, 0.1) is 11.3 Å². The summed E-state index contributed by atoms with van der Waals surface area (Å²) in [6, 6.07) is 0. The molecule has 0 saturated carbocycles. The van der Waals surface area contributed by atoms with E-state index < -0.39 is 0 Å². The van der Waals surface area contributed by atoms with Gasteiger partial charge in [-0.3, -0.25) is 0 Å². The van der Waals surface area contributed by atoms with Crippen molar-refractivity contribution in [1.82, 2.24) is 4.90 Å². The third-order valence-electron chi connectivity index (χ3n) is 2.15. The van der Waals surface area contributed by atoms with Crippen molar-refractivity contribution in [2.75, 3.05) is 20.1 Å². The lowest BCUT2D eigenvalue weighted by Gasteiger charge is -2.28. The highest BCUT2D eigenvalue weighted by Gasteiger charge is 2.14. The van der Waals surface area contributed by atoms with Crippen molar-refractivity contribution < 1.29 is 0 Å². The van der Waals surface area contributed by atoms with Crippen LogP contribution >= 0.6 is 0 Å².